The highest BCUT2D eigenvalue weighted by Gasteiger charge is 2.20. The zero-order valence-corrected chi connectivity index (χ0v) is 14.2. The molecule has 1 aliphatic carbocycles. The van der Waals surface area contributed by atoms with Gasteiger partial charge in [-0.2, -0.15) is 0 Å². The summed E-state index contributed by atoms with van der Waals surface area (Å²) in [5.41, 5.74) is 1.04. The largest absolute Gasteiger partial charge is 0.472 e. The Morgan fingerprint density at radius 2 is 2.17 bits per heavy atom. The van der Waals surface area contributed by atoms with Crippen molar-refractivity contribution >= 4 is 17.4 Å². The number of carbonyl (C=O) groups excluding carboxylic acids is 1. The van der Waals surface area contributed by atoms with Crippen LogP contribution < -0.4 is 5.32 Å². The first-order valence-corrected chi connectivity index (χ1v) is 9.28. The van der Waals surface area contributed by atoms with Crippen molar-refractivity contribution in [2.24, 2.45) is 0 Å². The number of nitrogens with zero attached hydrogens (tertiary/aromatic N) is 1. The van der Waals surface area contributed by atoms with Gasteiger partial charge in [-0.3, -0.25) is 0 Å². The topological polar surface area (TPSA) is 45.5 Å². The van der Waals surface area contributed by atoms with E-state index in [1.807, 2.05) is 11.0 Å². The van der Waals surface area contributed by atoms with E-state index in [0.717, 1.165) is 31.4 Å². The highest BCUT2D eigenvalue weighted by atomic mass is 32.1. The van der Waals surface area contributed by atoms with Crippen LogP contribution >= 0.6 is 11.3 Å². The van der Waals surface area contributed by atoms with Gasteiger partial charge in [-0.05, 0) is 36.8 Å². The normalized spacial score (nSPS) is 15.5. The molecule has 3 rings (SSSR count). The Hall–Kier alpha value is -1.75. The van der Waals surface area contributed by atoms with Gasteiger partial charge in [-0.1, -0.05) is 25.3 Å². The van der Waals surface area contributed by atoms with Crippen LogP contribution in [0.25, 0.3) is 0 Å². The van der Waals surface area contributed by atoms with Gasteiger partial charge < -0.3 is 14.6 Å². The van der Waals surface area contributed by atoms with Crippen molar-refractivity contribution < 1.29 is 9.21 Å². The summed E-state index contributed by atoms with van der Waals surface area (Å²) in [4.78, 5) is 15.9. The van der Waals surface area contributed by atoms with E-state index < -0.39 is 0 Å². The quantitative estimate of drug-likeness (QED) is 0.850. The first kappa shape index (κ1) is 16.1. The molecule has 0 aromatic carbocycles. The first-order chi connectivity index (χ1) is 11.3. The maximum atomic E-state index is 12.7. The van der Waals surface area contributed by atoms with E-state index >= 15 is 0 Å². The van der Waals surface area contributed by atoms with Crippen LogP contribution in [0.5, 0.6) is 0 Å². The van der Waals surface area contributed by atoms with Crippen LogP contribution in [0, 0.1) is 0 Å². The maximum Gasteiger partial charge on any atom is 0.317 e. The molecule has 0 spiro atoms. The predicted octanol–water partition coefficient (Wildman–Crippen LogP) is 4.43. The number of hydrogen-bond acceptors (Lipinski definition) is 3. The number of amides is 2. The summed E-state index contributed by atoms with van der Waals surface area (Å²) < 4.78 is 5.14. The van der Waals surface area contributed by atoms with Crippen molar-refractivity contribution in [2.45, 2.75) is 51.1 Å². The number of hydrogen-bond donors (Lipinski definition) is 1. The van der Waals surface area contributed by atoms with Crippen LogP contribution in [0.15, 0.2) is 40.5 Å². The van der Waals surface area contributed by atoms with Gasteiger partial charge in [0.1, 0.15) is 0 Å². The molecule has 0 unspecified atom stereocenters. The molecule has 1 saturated carbocycles. The third-order valence-corrected chi connectivity index (χ3v) is 5.32. The minimum Gasteiger partial charge on any atom is -0.472 e. The molecule has 2 aromatic rings. The molecule has 23 heavy (non-hydrogen) atoms. The third kappa shape index (κ3) is 4.86. The summed E-state index contributed by atoms with van der Waals surface area (Å²) in [6, 6.07) is 6.49. The molecule has 1 aliphatic rings. The summed E-state index contributed by atoms with van der Waals surface area (Å²) in [7, 11) is 0. The molecule has 0 saturated heterocycles. The Morgan fingerprint density at radius 3 is 2.87 bits per heavy atom. The average Bonchev–Trinajstić information content (AvgIpc) is 3.26. The zero-order valence-electron chi connectivity index (χ0n) is 13.4. The molecular weight excluding hydrogens is 308 g/mol. The molecule has 2 amide bonds. The Bertz CT molecular complexity index is 574. The molecule has 2 aromatic heterocycles. The van der Waals surface area contributed by atoms with Gasteiger partial charge in [0.25, 0.3) is 0 Å². The third-order valence-electron chi connectivity index (χ3n) is 4.38. The van der Waals surface area contributed by atoms with Crippen molar-refractivity contribution in [1.29, 1.82) is 0 Å². The molecule has 5 heteroatoms. The maximum absolute atomic E-state index is 12.7. The average molecular weight is 332 g/mol. The van der Waals surface area contributed by atoms with Gasteiger partial charge in [0.05, 0.1) is 19.1 Å². The molecule has 0 radical (unpaired) electrons. The molecule has 124 valence electrons. The second-order valence-corrected chi connectivity index (χ2v) is 7.20. The fourth-order valence-corrected chi connectivity index (χ4v) is 3.77. The number of furan rings is 1. The van der Waals surface area contributed by atoms with E-state index in [0.29, 0.717) is 12.6 Å². The van der Waals surface area contributed by atoms with E-state index in [-0.39, 0.29) is 6.03 Å². The molecule has 0 bridgehead atoms. The van der Waals surface area contributed by atoms with Crippen molar-refractivity contribution in [1.82, 2.24) is 10.2 Å². The van der Waals surface area contributed by atoms with Crippen LogP contribution in [0.2, 0.25) is 0 Å². The van der Waals surface area contributed by atoms with Crippen molar-refractivity contribution in [2.75, 3.05) is 6.54 Å². The molecular formula is C18H24N2O2S. The second-order valence-electron chi connectivity index (χ2n) is 6.17. The summed E-state index contributed by atoms with van der Waals surface area (Å²) in [6.07, 6.45) is 10.2. The highest BCUT2D eigenvalue weighted by molar-refractivity contribution is 7.09. The van der Waals surface area contributed by atoms with E-state index in [1.165, 1.54) is 24.1 Å². The number of nitrogens with one attached hydrogen (secondary N) is 1. The Labute approximate surface area is 141 Å². The SMILES string of the molecule is O=C(NC1CCCCC1)N(CCc1cccs1)Cc1ccoc1. The summed E-state index contributed by atoms with van der Waals surface area (Å²) >= 11 is 1.74. The van der Waals surface area contributed by atoms with Gasteiger partial charge in [0.15, 0.2) is 0 Å². The Morgan fingerprint density at radius 1 is 1.30 bits per heavy atom. The van der Waals surface area contributed by atoms with Crippen LogP contribution in [-0.4, -0.2) is 23.5 Å². The standard InChI is InChI=1S/C18H24N2O2S/c21-18(19-16-5-2-1-3-6-16)20(13-15-9-11-22-14-15)10-8-17-7-4-12-23-17/h4,7,9,11-12,14,16H,1-3,5-6,8,10,13H2,(H,19,21). The molecule has 0 aliphatic heterocycles. The van der Waals surface area contributed by atoms with E-state index in [9.17, 15) is 4.79 Å². The summed E-state index contributed by atoms with van der Waals surface area (Å²) in [5, 5.41) is 5.30. The minimum absolute atomic E-state index is 0.0506. The molecule has 0 atom stereocenters. The predicted molar refractivity (Wildman–Crippen MR) is 92.5 cm³/mol. The molecule has 4 nitrogen and oxygen atoms in total. The first-order valence-electron chi connectivity index (χ1n) is 8.40. The highest BCUT2D eigenvalue weighted by Crippen LogP contribution is 2.18. The fourth-order valence-electron chi connectivity index (χ4n) is 3.07. The lowest BCUT2D eigenvalue weighted by Gasteiger charge is -2.28. The van der Waals surface area contributed by atoms with E-state index in [4.69, 9.17) is 4.42 Å². The number of rotatable bonds is 6. The van der Waals surface area contributed by atoms with E-state index in [1.54, 1.807) is 23.9 Å². The van der Waals surface area contributed by atoms with Gasteiger partial charge in [0.2, 0.25) is 0 Å². The van der Waals surface area contributed by atoms with Crippen molar-refractivity contribution in [3.05, 3.63) is 46.5 Å². The molecule has 1 fully saturated rings. The van der Waals surface area contributed by atoms with Gasteiger partial charge in [-0.25, -0.2) is 4.79 Å². The lowest BCUT2D eigenvalue weighted by atomic mass is 9.96. The van der Waals surface area contributed by atoms with Gasteiger partial charge >= 0.3 is 6.03 Å². The lowest BCUT2D eigenvalue weighted by Crippen LogP contribution is -2.45. The van der Waals surface area contributed by atoms with Crippen molar-refractivity contribution in [3.8, 4) is 0 Å². The number of urea groups is 1. The smallest absolute Gasteiger partial charge is 0.317 e. The van der Waals surface area contributed by atoms with Crippen LogP contribution in [0.3, 0.4) is 0 Å². The minimum atomic E-state index is 0.0506. The Balaban J connectivity index is 1.59. The number of thiophene rings is 1. The van der Waals surface area contributed by atoms with Crippen LogP contribution in [0.1, 0.15) is 42.5 Å². The Kier molecular flexibility index (Phi) is 5.75. The summed E-state index contributed by atoms with van der Waals surface area (Å²) in [6.45, 7) is 1.32. The van der Waals surface area contributed by atoms with E-state index in [2.05, 4.69) is 22.8 Å². The lowest BCUT2D eigenvalue weighted by molar-refractivity contribution is 0.188. The van der Waals surface area contributed by atoms with Crippen LogP contribution in [-0.2, 0) is 13.0 Å². The fraction of sp³-hybridized carbons (Fsp3) is 0.500. The molecule has 1 N–H and O–H groups in total. The van der Waals surface area contributed by atoms with Gasteiger partial charge in [-0.15, -0.1) is 11.3 Å². The zero-order chi connectivity index (χ0) is 15.9. The summed E-state index contributed by atoms with van der Waals surface area (Å²) in [5.74, 6) is 0. The van der Waals surface area contributed by atoms with Gasteiger partial charge in [0, 0.05) is 23.0 Å². The van der Waals surface area contributed by atoms with Crippen molar-refractivity contribution in [3.63, 3.8) is 0 Å². The van der Waals surface area contributed by atoms with Crippen LogP contribution in [0.4, 0.5) is 4.79 Å². The molecule has 2 heterocycles. The second kappa shape index (κ2) is 8.20. The monoisotopic (exact) mass is 332 g/mol. The number of carbonyl (C=O) groups is 1.